The van der Waals surface area contributed by atoms with E-state index in [4.69, 9.17) is 22.1 Å². The molecule has 1 atom stereocenters. The van der Waals surface area contributed by atoms with Crippen molar-refractivity contribution in [1.82, 2.24) is 5.32 Å². The molecule has 0 bridgehead atoms. The number of ether oxygens (including phenoxy) is 1. The minimum Gasteiger partial charge on any atom is -0.478 e. The van der Waals surface area contributed by atoms with Gasteiger partial charge in [0.05, 0.1) is 11.7 Å². The van der Waals surface area contributed by atoms with Crippen LogP contribution < -0.4 is 10.6 Å². The van der Waals surface area contributed by atoms with Gasteiger partial charge in [0.25, 0.3) is 0 Å². The molecule has 0 unspecified atom stereocenters. The van der Waals surface area contributed by atoms with Crippen LogP contribution in [-0.4, -0.2) is 35.4 Å². The maximum absolute atomic E-state index is 11.1. The first-order chi connectivity index (χ1) is 9.58. The van der Waals surface area contributed by atoms with Crippen LogP contribution in [0.5, 0.6) is 0 Å². The molecule has 20 heavy (non-hydrogen) atoms. The second kappa shape index (κ2) is 6.67. The fraction of sp³-hybridized carbons (Fsp3) is 0.429. The molecule has 1 aromatic carbocycles. The van der Waals surface area contributed by atoms with Gasteiger partial charge < -0.3 is 20.5 Å². The second-order valence-corrected chi connectivity index (χ2v) is 5.16. The maximum atomic E-state index is 11.1. The highest BCUT2D eigenvalue weighted by molar-refractivity contribution is 7.80. The summed E-state index contributed by atoms with van der Waals surface area (Å²) in [5.41, 5.74) is 1.65. The topological polar surface area (TPSA) is 70.6 Å². The molecule has 1 aliphatic rings. The zero-order valence-corrected chi connectivity index (χ0v) is 12.1. The predicted molar refractivity (Wildman–Crippen MR) is 81.3 cm³/mol. The molecule has 0 spiro atoms. The SMILES string of the molecule is Cc1c(NC(=S)NC[C@H]2CCCO2)cccc1C(=O)O. The molecular formula is C14H18N2O3S. The number of hydrogen-bond acceptors (Lipinski definition) is 3. The van der Waals surface area contributed by atoms with Crippen LogP contribution in [0, 0.1) is 6.92 Å². The fourth-order valence-corrected chi connectivity index (χ4v) is 2.37. The van der Waals surface area contributed by atoms with Crippen molar-refractivity contribution >= 4 is 29.0 Å². The number of nitrogens with one attached hydrogen (secondary N) is 2. The molecule has 0 saturated carbocycles. The number of carboxylic acid groups (broad SMARTS) is 1. The quantitative estimate of drug-likeness (QED) is 0.739. The van der Waals surface area contributed by atoms with Crippen LogP contribution in [0.1, 0.15) is 28.8 Å². The van der Waals surface area contributed by atoms with Crippen molar-refractivity contribution < 1.29 is 14.6 Å². The van der Waals surface area contributed by atoms with Crippen LogP contribution in [0.25, 0.3) is 0 Å². The van der Waals surface area contributed by atoms with E-state index in [1.807, 2.05) is 6.07 Å². The van der Waals surface area contributed by atoms with E-state index in [1.165, 1.54) is 0 Å². The van der Waals surface area contributed by atoms with Crippen molar-refractivity contribution in [3.05, 3.63) is 29.3 Å². The van der Waals surface area contributed by atoms with Crippen LogP contribution in [0.2, 0.25) is 0 Å². The third kappa shape index (κ3) is 3.68. The number of anilines is 1. The van der Waals surface area contributed by atoms with Crippen molar-refractivity contribution in [1.29, 1.82) is 0 Å². The average molecular weight is 294 g/mol. The largest absolute Gasteiger partial charge is 0.478 e. The maximum Gasteiger partial charge on any atom is 0.336 e. The summed E-state index contributed by atoms with van der Waals surface area (Å²) in [4.78, 5) is 11.1. The lowest BCUT2D eigenvalue weighted by Gasteiger charge is -2.15. The first kappa shape index (κ1) is 14.7. The van der Waals surface area contributed by atoms with Crippen LogP contribution in [0.15, 0.2) is 18.2 Å². The summed E-state index contributed by atoms with van der Waals surface area (Å²) in [6.45, 7) is 3.24. The molecule has 1 fully saturated rings. The van der Waals surface area contributed by atoms with Gasteiger partial charge in [0, 0.05) is 18.8 Å². The summed E-state index contributed by atoms with van der Waals surface area (Å²) in [6.07, 6.45) is 2.34. The Morgan fingerprint density at radius 2 is 2.35 bits per heavy atom. The Balaban J connectivity index is 1.93. The van der Waals surface area contributed by atoms with Gasteiger partial charge >= 0.3 is 5.97 Å². The highest BCUT2D eigenvalue weighted by atomic mass is 32.1. The highest BCUT2D eigenvalue weighted by Gasteiger charge is 2.16. The zero-order chi connectivity index (χ0) is 14.5. The lowest BCUT2D eigenvalue weighted by atomic mass is 10.1. The van der Waals surface area contributed by atoms with Crippen molar-refractivity contribution in [2.45, 2.75) is 25.9 Å². The van der Waals surface area contributed by atoms with Gasteiger partial charge in [-0.25, -0.2) is 4.79 Å². The van der Waals surface area contributed by atoms with Crippen molar-refractivity contribution in [2.24, 2.45) is 0 Å². The second-order valence-electron chi connectivity index (χ2n) is 4.75. The minimum atomic E-state index is -0.940. The number of aromatic carboxylic acids is 1. The summed E-state index contributed by atoms with van der Waals surface area (Å²) in [6, 6.07) is 5.08. The minimum absolute atomic E-state index is 0.209. The van der Waals surface area contributed by atoms with E-state index in [2.05, 4.69) is 10.6 Å². The van der Waals surface area contributed by atoms with Gasteiger partial charge in [-0.3, -0.25) is 0 Å². The smallest absolute Gasteiger partial charge is 0.336 e. The number of thiocarbonyl (C=S) groups is 1. The molecule has 1 saturated heterocycles. The molecule has 1 aliphatic heterocycles. The normalized spacial score (nSPS) is 17.8. The molecule has 0 aromatic heterocycles. The fourth-order valence-electron chi connectivity index (χ4n) is 2.18. The summed E-state index contributed by atoms with van der Waals surface area (Å²) in [5.74, 6) is -0.940. The monoisotopic (exact) mass is 294 g/mol. The van der Waals surface area contributed by atoms with Crippen LogP contribution in [0.3, 0.4) is 0 Å². The molecule has 0 radical (unpaired) electrons. The lowest BCUT2D eigenvalue weighted by molar-refractivity contribution is 0.0696. The van der Waals surface area contributed by atoms with E-state index >= 15 is 0 Å². The summed E-state index contributed by atoms with van der Waals surface area (Å²) < 4.78 is 5.50. The third-order valence-corrected chi connectivity index (χ3v) is 3.57. The van der Waals surface area contributed by atoms with Gasteiger partial charge in [0.1, 0.15) is 0 Å². The number of rotatable bonds is 4. The molecule has 1 heterocycles. The molecule has 5 nitrogen and oxygen atoms in total. The van der Waals surface area contributed by atoms with E-state index in [0.29, 0.717) is 22.9 Å². The van der Waals surface area contributed by atoms with E-state index in [9.17, 15) is 4.79 Å². The number of carboxylic acids is 1. The predicted octanol–water partition coefficient (Wildman–Crippen LogP) is 2.16. The van der Waals surface area contributed by atoms with Crippen molar-refractivity contribution in [3.8, 4) is 0 Å². The Morgan fingerprint density at radius 3 is 3.00 bits per heavy atom. The highest BCUT2D eigenvalue weighted by Crippen LogP contribution is 2.19. The molecule has 1 aromatic rings. The van der Waals surface area contributed by atoms with Crippen LogP contribution in [-0.2, 0) is 4.74 Å². The molecule has 108 valence electrons. The Labute approximate surface area is 123 Å². The summed E-state index contributed by atoms with van der Waals surface area (Å²) >= 11 is 5.21. The standard InChI is InChI=1S/C14H18N2O3S/c1-9-11(13(17)18)5-2-6-12(9)16-14(20)15-8-10-4-3-7-19-10/h2,5-6,10H,3-4,7-8H2,1H3,(H,17,18)(H2,15,16,20)/t10-/m1/s1. The average Bonchev–Trinajstić information content (AvgIpc) is 2.91. The van der Waals surface area contributed by atoms with Crippen LogP contribution >= 0.6 is 12.2 Å². The van der Waals surface area contributed by atoms with Gasteiger partial charge in [0.2, 0.25) is 0 Å². The molecule has 3 N–H and O–H groups in total. The Morgan fingerprint density at radius 1 is 1.55 bits per heavy atom. The van der Waals surface area contributed by atoms with E-state index in [-0.39, 0.29) is 11.7 Å². The Kier molecular flexibility index (Phi) is 4.92. The molecule has 0 amide bonds. The Hall–Kier alpha value is -1.66. The van der Waals surface area contributed by atoms with Gasteiger partial charge in [0.15, 0.2) is 5.11 Å². The first-order valence-electron chi connectivity index (χ1n) is 6.57. The first-order valence-corrected chi connectivity index (χ1v) is 6.98. The number of benzene rings is 1. The van der Waals surface area contributed by atoms with Gasteiger partial charge in [-0.1, -0.05) is 6.07 Å². The zero-order valence-electron chi connectivity index (χ0n) is 11.3. The third-order valence-electron chi connectivity index (χ3n) is 3.33. The van der Waals surface area contributed by atoms with Crippen LogP contribution in [0.4, 0.5) is 5.69 Å². The lowest BCUT2D eigenvalue weighted by Crippen LogP contribution is -2.35. The Bertz CT molecular complexity index is 513. The van der Waals surface area contributed by atoms with Gasteiger partial charge in [-0.2, -0.15) is 0 Å². The van der Waals surface area contributed by atoms with E-state index in [1.54, 1.807) is 19.1 Å². The molecule has 6 heteroatoms. The molecular weight excluding hydrogens is 276 g/mol. The van der Waals surface area contributed by atoms with Gasteiger partial charge in [-0.15, -0.1) is 0 Å². The number of carbonyl (C=O) groups is 1. The van der Waals surface area contributed by atoms with Gasteiger partial charge in [-0.05, 0) is 49.7 Å². The van der Waals surface area contributed by atoms with Crippen molar-refractivity contribution in [2.75, 3.05) is 18.5 Å². The van der Waals surface area contributed by atoms with E-state index in [0.717, 1.165) is 19.4 Å². The number of hydrogen-bond donors (Lipinski definition) is 3. The summed E-state index contributed by atoms with van der Waals surface area (Å²) in [5, 5.41) is 15.7. The summed E-state index contributed by atoms with van der Waals surface area (Å²) in [7, 11) is 0. The molecule has 2 rings (SSSR count). The molecule has 0 aliphatic carbocycles. The van der Waals surface area contributed by atoms with Crippen molar-refractivity contribution in [3.63, 3.8) is 0 Å². The van der Waals surface area contributed by atoms with E-state index < -0.39 is 5.97 Å².